The molecule has 2 N–H and O–H groups in total. The third-order valence-electron chi connectivity index (χ3n) is 3.24. The lowest BCUT2D eigenvalue weighted by molar-refractivity contribution is -0.119. The molecular formula is C18H20N2O6S. The first-order chi connectivity index (χ1) is 12.8. The van der Waals surface area contributed by atoms with Crippen molar-refractivity contribution >= 4 is 33.3 Å². The molecule has 0 radical (unpaired) electrons. The Morgan fingerprint density at radius 2 is 1.63 bits per heavy atom. The summed E-state index contributed by atoms with van der Waals surface area (Å²) in [6, 6.07) is 12.8. The van der Waals surface area contributed by atoms with Gasteiger partial charge in [-0.25, -0.2) is 13.2 Å². The Hall–Kier alpha value is -3.07. The van der Waals surface area contributed by atoms with Gasteiger partial charge < -0.3 is 14.8 Å². The highest BCUT2D eigenvalue weighted by atomic mass is 32.2. The first-order valence-electron chi connectivity index (χ1n) is 8.05. The second-order valence-electron chi connectivity index (χ2n) is 5.47. The maximum atomic E-state index is 12.2. The Morgan fingerprint density at radius 1 is 1.00 bits per heavy atom. The average Bonchev–Trinajstić information content (AvgIpc) is 2.61. The number of amides is 1. The number of carbonyl (C=O) groups is 2. The van der Waals surface area contributed by atoms with E-state index in [1.54, 1.807) is 36.4 Å². The molecule has 0 atom stereocenters. The summed E-state index contributed by atoms with van der Waals surface area (Å²) in [4.78, 5) is 24.3. The summed E-state index contributed by atoms with van der Waals surface area (Å²) in [5.41, 5.74) is 0.539. The van der Waals surface area contributed by atoms with Crippen molar-refractivity contribution in [2.75, 3.05) is 29.5 Å². The van der Waals surface area contributed by atoms with E-state index in [-0.39, 0.29) is 11.3 Å². The molecule has 2 aromatic rings. The minimum Gasteiger partial charge on any atom is -0.492 e. The highest BCUT2D eigenvalue weighted by Gasteiger charge is 2.17. The molecule has 0 spiro atoms. The van der Waals surface area contributed by atoms with E-state index < -0.39 is 28.5 Å². The molecule has 0 saturated carbocycles. The van der Waals surface area contributed by atoms with E-state index in [0.717, 1.165) is 6.26 Å². The van der Waals surface area contributed by atoms with Gasteiger partial charge in [0.25, 0.3) is 5.91 Å². The monoisotopic (exact) mass is 392 g/mol. The zero-order chi connectivity index (χ0) is 19.9. The summed E-state index contributed by atoms with van der Waals surface area (Å²) < 4.78 is 35.4. The summed E-state index contributed by atoms with van der Waals surface area (Å²) in [6.45, 7) is 1.72. The highest BCUT2D eigenvalue weighted by molar-refractivity contribution is 7.92. The Labute approximate surface area is 157 Å². The van der Waals surface area contributed by atoms with Crippen LogP contribution in [0, 0.1) is 0 Å². The van der Waals surface area contributed by atoms with Crippen LogP contribution in [0.2, 0.25) is 0 Å². The smallest absolute Gasteiger partial charge is 0.340 e. The van der Waals surface area contributed by atoms with Gasteiger partial charge in [0.05, 0.1) is 29.8 Å². The molecule has 0 fully saturated rings. The van der Waals surface area contributed by atoms with Crippen LogP contribution in [-0.2, 0) is 19.6 Å². The molecule has 0 heterocycles. The quantitative estimate of drug-likeness (QED) is 0.667. The molecule has 27 heavy (non-hydrogen) atoms. The molecule has 0 unspecified atom stereocenters. The normalized spacial score (nSPS) is 10.7. The molecule has 2 rings (SSSR count). The predicted molar refractivity (Wildman–Crippen MR) is 101 cm³/mol. The van der Waals surface area contributed by atoms with Gasteiger partial charge >= 0.3 is 5.97 Å². The number of benzene rings is 2. The molecule has 1 amide bonds. The minimum atomic E-state index is -3.57. The van der Waals surface area contributed by atoms with E-state index in [1.165, 1.54) is 12.1 Å². The topological polar surface area (TPSA) is 111 Å². The molecule has 0 aliphatic heterocycles. The number of hydrogen-bond donors (Lipinski definition) is 2. The SMILES string of the molecule is CCOc1ccccc1NC(=O)COC(=O)c1ccccc1NS(C)(=O)=O. The summed E-state index contributed by atoms with van der Waals surface area (Å²) in [6.07, 6.45) is 0.971. The van der Waals surface area contributed by atoms with E-state index in [9.17, 15) is 18.0 Å². The van der Waals surface area contributed by atoms with Crippen molar-refractivity contribution in [1.82, 2.24) is 0 Å². The predicted octanol–water partition coefficient (Wildman–Crippen LogP) is 2.25. The van der Waals surface area contributed by atoms with Crippen molar-refractivity contribution in [2.45, 2.75) is 6.92 Å². The Kier molecular flexibility index (Phi) is 6.78. The first kappa shape index (κ1) is 20.2. The van der Waals surface area contributed by atoms with Crippen LogP contribution < -0.4 is 14.8 Å². The number of hydrogen-bond acceptors (Lipinski definition) is 6. The van der Waals surface area contributed by atoms with Crippen LogP contribution in [0.1, 0.15) is 17.3 Å². The molecule has 9 heteroatoms. The van der Waals surface area contributed by atoms with Crippen molar-refractivity contribution in [2.24, 2.45) is 0 Å². The summed E-state index contributed by atoms with van der Waals surface area (Å²) in [7, 11) is -3.57. The maximum Gasteiger partial charge on any atom is 0.340 e. The highest BCUT2D eigenvalue weighted by Crippen LogP contribution is 2.23. The summed E-state index contributed by atoms with van der Waals surface area (Å²) in [5.74, 6) is -0.874. The molecule has 0 bridgehead atoms. The summed E-state index contributed by atoms with van der Waals surface area (Å²) in [5, 5.41) is 2.60. The van der Waals surface area contributed by atoms with Gasteiger partial charge in [-0.05, 0) is 31.2 Å². The number of carbonyl (C=O) groups excluding carboxylic acids is 2. The molecule has 2 aromatic carbocycles. The second kappa shape index (κ2) is 9.04. The molecule has 0 saturated heterocycles. The molecule has 0 aromatic heterocycles. The van der Waals surface area contributed by atoms with Crippen molar-refractivity contribution < 1.29 is 27.5 Å². The number of para-hydroxylation sites is 3. The Bertz CT molecular complexity index is 927. The number of esters is 1. The van der Waals surface area contributed by atoms with Gasteiger partial charge in [-0.15, -0.1) is 0 Å². The lowest BCUT2D eigenvalue weighted by Gasteiger charge is -2.12. The molecule has 0 aliphatic rings. The number of sulfonamides is 1. The van der Waals surface area contributed by atoms with Gasteiger partial charge in [-0.2, -0.15) is 0 Å². The zero-order valence-corrected chi connectivity index (χ0v) is 15.7. The number of ether oxygens (including phenoxy) is 2. The molecule has 8 nitrogen and oxygen atoms in total. The van der Waals surface area contributed by atoms with Crippen LogP contribution in [0.3, 0.4) is 0 Å². The van der Waals surface area contributed by atoms with Crippen LogP contribution in [0.15, 0.2) is 48.5 Å². The van der Waals surface area contributed by atoms with Gasteiger partial charge in [-0.3, -0.25) is 9.52 Å². The standard InChI is InChI=1S/C18H20N2O6S/c1-3-25-16-11-7-6-10-15(16)19-17(21)12-26-18(22)13-8-4-5-9-14(13)20-27(2,23)24/h4-11,20H,3,12H2,1-2H3,(H,19,21). The van der Waals surface area contributed by atoms with Crippen molar-refractivity contribution in [1.29, 1.82) is 0 Å². The first-order valence-corrected chi connectivity index (χ1v) is 9.95. The van der Waals surface area contributed by atoms with Gasteiger partial charge in [0.1, 0.15) is 5.75 Å². The van der Waals surface area contributed by atoms with Gasteiger partial charge in [0.2, 0.25) is 10.0 Å². The fourth-order valence-corrected chi connectivity index (χ4v) is 2.77. The van der Waals surface area contributed by atoms with Gasteiger partial charge in [0.15, 0.2) is 6.61 Å². The Morgan fingerprint density at radius 3 is 2.30 bits per heavy atom. The van der Waals surface area contributed by atoms with E-state index >= 15 is 0 Å². The lowest BCUT2D eigenvalue weighted by Crippen LogP contribution is -2.22. The van der Waals surface area contributed by atoms with Crippen molar-refractivity contribution in [3.8, 4) is 5.75 Å². The van der Waals surface area contributed by atoms with Crippen LogP contribution in [0.4, 0.5) is 11.4 Å². The van der Waals surface area contributed by atoms with Gasteiger partial charge in [-0.1, -0.05) is 24.3 Å². The van der Waals surface area contributed by atoms with Crippen molar-refractivity contribution in [3.63, 3.8) is 0 Å². The third kappa shape index (κ3) is 6.30. The van der Waals surface area contributed by atoms with Crippen LogP contribution in [0.5, 0.6) is 5.75 Å². The largest absolute Gasteiger partial charge is 0.492 e. The summed E-state index contributed by atoms with van der Waals surface area (Å²) >= 11 is 0. The third-order valence-corrected chi connectivity index (χ3v) is 3.83. The van der Waals surface area contributed by atoms with E-state index in [0.29, 0.717) is 18.0 Å². The number of rotatable bonds is 8. The maximum absolute atomic E-state index is 12.2. The van der Waals surface area contributed by atoms with E-state index in [4.69, 9.17) is 9.47 Å². The molecular weight excluding hydrogens is 372 g/mol. The van der Waals surface area contributed by atoms with Gasteiger partial charge in [0, 0.05) is 0 Å². The van der Waals surface area contributed by atoms with E-state index in [2.05, 4.69) is 10.0 Å². The fraction of sp³-hybridized carbons (Fsp3) is 0.222. The fourth-order valence-electron chi connectivity index (χ4n) is 2.20. The lowest BCUT2D eigenvalue weighted by atomic mass is 10.2. The van der Waals surface area contributed by atoms with Crippen LogP contribution >= 0.6 is 0 Å². The Balaban J connectivity index is 2.01. The molecule has 144 valence electrons. The zero-order valence-electron chi connectivity index (χ0n) is 14.9. The van der Waals surface area contributed by atoms with Crippen LogP contribution in [-0.4, -0.2) is 39.8 Å². The average molecular weight is 392 g/mol. The van der Waals surface area contributed by atoms with Crippen molar-refractivity contribution in [3.05, 3.63) is 54.1 Å². The minimum absolute atomic E-state index is 0.00504. The van der Waals surface area contributed by atoms with E-state index in [1.807, 2.05) is 6.92 Å². The van der Waals surface area contributed by atoms with Crippen LogP contribution in [0.25, 0.3) is 0 Å². The number of anilines is 2. The number of nitrogens with one attached hydrogen (secondary N) is 2. The second-order valence-corrected chi connectivity index (χ2v) is 7.22. The molecule has 0 aliphatic carbocycles.